The van der Waals surface area contributed by atoms with Gasteiger partial charge in [0.25, 0.3) is 0 Å². The molecular weight excluding hydrogens is 541 g/mol. The SMILES string of the molecule is C=C(/C=C\C(Cl)=C/CCl)CN1CC2N(CC1=O)C(=O)CN(C)N2C(=O)NCc1ccc(OC)cc1.CC(C)C. The molecule has 1 atom stereocenters. The number of piperazine rings is 1. The number of nitrogens with one attached hydrogen (secondary N) is 1. The van der Waals surface area contributed by atoms with Crippen LogP contribution in [0, 0.1) is 5.92 Å². The number of carbonyl (C=O) groups is 3. The number of amides is 4. The van der Waals surface area contributed by atoms with Gasteiger partial charge >= 0.3 is 6.03 Å². The topological polar surface area (TPSA) is 85.4 Å². The number of benzene rings is 1. The molecule has 2 heterocycles. The smallest absolute Gasteiger partial charge is 0.334 e. The number of fused-ring (bicyclic) bond motifs is 1. The number of ether oxygens (including phenoxy) is 1. The number of likely N-dealkylation sites (N-methyl/N-ethyl adjacent to an activating group) is 1. The van der Waals surface area contributed by atoms with E-state index < -0.39 is 6.17 Å². The molecular formula is C28H39Cl2N5O4. The number of rotatable bonds is 8. The Kier molecular flexibility index (Phi) is 12.8. The summed E-state index contributed by atoms with van der Waals surface area (Å²) in [6.45, 7) is 11.1. The molecule has 0 saturated carbocycles. The van der Waals surface area contributed by atoms with Crippen LogP contribution >= 0.6 is 23.2 Å². The number of carbonyl (C=O) groups excluding carboxylic acids is 3. The van der Waals surface area contributed by atoms with Gasteiger partial charge in [0, 0.05) is 31.0 Å². The van der Waals surface area contributed by atoms with Crippen LogP contribution in [-0.4, -0.2) is 90.0 Å². The predicted octanol–water partition coefficient (Wildman–Crippen LogP) is 4.20. The monoisotopic (exact) mass is 579 g/mol. The second-order valence-electron chi connectivity index (χ2n) is 9.91. The molecule has 0 bridgehead atoms. The minimum absolute atomic E-state index is 0.000582. The van der Waals surface area contributed by atoms with Gasteiger partial charge < -0.3 is 19.9 Å². The Labute approximate surface area is 241 Å². The second kappa shape index (κ2) is 15.5. The van der Waals surface area contributed by atoms with Gasteiger partial charge in [0.1, 0.15) is 18.5 Å². The second-order valence-corrected chi connectivity index (χ2v) is 10.7. The molecule has 1 aromatic carbocycles. The zero-order valence-corrected chi connectivity index (χ0v) is 24.8. The lowest BCUT2D eigenvalue weighted by Gasteiger charge is -2.51. The maximum absolute atomic E-state index is 13.2. The zero-order valence-electron chi connectivity index (χ0n) is 23.3. The molecule has 1 N–H and O–H groups in total. The van der Waals surface area contributed by atoms with Crippen molar-refractivity contribution in [3.8, 4) is 5.75 Å². The van der Waals surface area contributed by atoms with Crippen LogP contribution in [0.3, 0.4) is 0 Å². The van der Waals surface area contributed by atoms with Crippen molar-refractivity contribution in [2.75, 3.05) is 46.2 Å². The fourth-order valence-corrected chi connectivity index (χ4v) is 4.27. The first kappa shape index (κ1) is 32.2. The van der Waals surface area contributed by atoms with Crippen LogP contribution < -0.4 is 10.1 Å². The van der Waals surface area contributed by atoms with E-state index in [2.05, 4.69) is 32.7 Å². The van der Waals surface area contributed by atoms with Gasteiger partial charge in [0.05, 0.1) is 20.2 Å². The average Bonchev–Trinajstić information content (AvgIpc) is 2.87. The summed E-state index contributed by atoms with van der Waals surface area (Å²) in [5.41, 5.74) is 1.55. The van der Waals surface area contributed by atoms with Crippen molar-refractivity contribution in [2.24, 2.45) is 5.92 Å². The van der Waals surface area contributed by atoms with Gasteiger partial charge in [-0.25, -0.2) is 14.8 Å². The normalized spacial score (nSPS) is 18.2. The van der Waals surface area contributed by atoms with E-state index in [1.54, 1.807) is 42.3 Å². The predicted molar refractivity (Wildman–Crippen MR) is 155 cm³/mol. The van der Waals surface area contributed by atoms with Crippen LogP contribution in [0.1, 0.15) is 26.3 Å². The Morgan fingerprint density at radius 1 is 1.15 bits per heavy atom. The molecule has 2 saturated heterocycles. The molecule has 214 valence electrons. The number of methoxy groups -OCH3 is 1. The molecule has 9 nitrogen and oxygen atoms in total. The number of halogens is 2. The summed E-state index contributed by atoms with van der Waals surface area (Å²) in [5, 5.41) is 6.43. The molecule has 11 heteroatoms. The quantitative estimate of drug-likeness (QED) is 0.368. The number of alkyl halides is 1. The van der Waals surface area contributed by atoms with Gasteiger partial charge in [0.15, 0.2) is 0 Å². The number of hydrazine groups is 1. The van der Waals surface area contributed by atoms with E-state index in [0.29, 0.717) is 17.2 Å². The molecule has 4 amide bonds. The fraction of sp³-hybridized carbons (Fsp3) is 0.464. The van der Waals surface area contributed by atoms with Crippen molar-refractivity contribution >= 4 is 41.0 Å². The third kappa shape index (κ3) is 9.91. The number of nitrogens with zero attached hydrogens (tertiary/aromatic N) is 4. The van der Waals surface area contributed by atoms with E-state index in [4.69, 9.17) is 27.9 Å². The maximum Gasteiger partial charge on any atom is 0.334 e. The molecule has 3 rings (SSSR count). The molecule has 0 aromatic heterocycles. The molecule has 2 aliphatic heterocycles. The van der Waals surface area contributed by atoms with Gasteiger partial charge in [-0.15, -0.1) is 11.6 Å². The van der Waals surface area contributed by atoms with Crippen molar-refractivity contribution in [3.05, 3.63) is 65.2 Å². The van der Waals surface area contributed by atoms with Crippen molar-refractivity contribution in [1.29, 1.82) is 0 Å². The molecule has 0 aliphatic carbocycles. The number of urea groups is 1. The number of hydrogen-bond acceptors (Lipinski definition) is 5. The lowest BCUT2D eigenvalue weighted by Crippen LogP contribution is -2.73. The van der Waals surface area contributed by atoms with Crippen LogP contribution in [0.2, 0.25) is 0 Å². The van der Waals surface area contributed by atoms with Crippen molar-refractivity contribution in [2.45, 2.75) is 33.5 Å². The average molecular weight is 581 g/mol. The maximum atomic E-state index is 13.2. The molecule has 2 aliphatic rings. The summed E-state index contributed by atoms with van der Waals surface area (Å²) >= 11 is 11.7. The third-order valence-corrected chi connectivity index (χ3v) is 6.13. The van der Waals surface area contributed by atoms with Gasteiger partial charge in [-0.1, -0.05) is 63.2 Å². The molecule has 0 radical (unpaired) electrons. The summed E-state index contributed by atoms with van der Waals surface area (Å²) in [7, 11) is 3.27. The highest BCUT2D eigenvalue weighted by atomic mass is 35.5. The zero-order chi connectivity index (χ0) is 29.1. The van der Waals surface area contributed by atoms with Crippen molar-refractivity contribution in [1.82, 2.24) is 25.1 Å². The van der Waals surface area contributed by atoms with Crippen LogP contribution in [0.25, 0.3) is 0 Å². The molecule has 0 spiro atoms. The molecule has 1 unspecified atom stereocenters. The largest absolute Gasteiger partial charge is 0.497 e. The van der Waals surface area contributed by atoms with Gasteiger partial charge in [-0.05, 0) is 35.3 Å². The van der Waals surface area contributed by atoms with Crippen molar-refractivity contribution < 1.29 is 19.1 Å². The Bertz CT molecular complexity index is 1070. The van der Waals surface area contributed by atoms with E-state index in [-0.39, 0.29) is 49.9 Å². The summed E-state index contributed by atoms with van der Waals surface area (Å²) in [6.07, 6.45) is 4.38. The third-order valence-electron chi connectivity index (χ3n) is 5.69. The van der Waals surface area contributed by atoms with E-state index in [1.165, 1.54) is 9.91 Å². The van der Waals surface area contributed by atoms with E-state index >= 15 is 0 Å². The van der Waals surface area contributed by atoms with E-state index in [1.807, 2.05) is 24.3 Å². The highest BCUT2D eigenvalue weighted by molar-refractivity contribution is 6.32. The first-order valence-corrected chi connectivity index (χ1v) is 13.6. The van der Waals surface area contributed by atoms with E-state index in [9.17, 15) is 14.4 Å². The first-order chi connectivity index (χ1) is 18.5. The minimum Gasteiger partial charge on any atom is -0.497 e. The molecule has 39 heavy (non-hydrogen) atoms. The van der Waals surface area contributed by atoms with Gasteiger partial charge in [-0.2, -0.15) is 0 Å². The van der Waals surface area contributed by atoms with Crippen LogP contribution in [0.15, 0.2) is 59.7 Å². The Balaban J connectivity index is 0.00000124. The van der Waals surface area contributed by atoms with Gasteiger partial charge in [-0.3, -0.25) is 9.59 Å². The highest BCUT2D eigenvalue weighted by Crippen LogP contribution is 2.22. The summed E-state index contributed by atoms with van der Waals surface area (Å²) in [5.74, 6) is 1.43. The minimum atomic E-state index is -0.633. The number of allylic oxidation sites excluding steroid dienone is 3. The Morgan fingerprint density at radius 2 is 1.79 bits per heavy atom. The van der Waals surface area contributed by atoms with Crippen LogP contribution in [0.5, 0.6) is 5.75 Å². The van der Waals surface area contributed by atoms with Crippen LogP contribution in [0.4, 0.5) is 4.79 Å². The lowest BCUT2D eigenvalue weighted by molar-refractivity contribution is -0.177. The van der Waals surface area contributed by atoms with E-state index in [0.717, 1.165) is 17.2 Å². The first-order valence-electron chi connectivity index (χ1n) is 12.7. The molecule has 2 fully saturated rings. The Hall–Kier alpha value is -3.01. The highest BCUT2D eigenvalue weighted by Gasteiger charge is 2.45. The standard InChI is InChI=1S/C24H29Cl2N5O4.C4H10/c1-17(4-7-19(26)10-11-25)13-29-14-21-30(16-22(29)32)23(33)15-28(2)31(21)24(34)27-12-18-5-8-20(35-3)9-6-18;1-4(2)3/h4-10,21H,1,11-16H2,2-3H3,(H,27,34);4H,1-3H3/b7-4-,19-10+;. The summed E-state index contributed by atoms with van der Waals surface area (Å²) in [6, 6.07) is 7.00. The summed E-state index contributed by atoms with van der Waals surface area (Å²) in [4.78, 5) is 41.6. The Morgan fingerprint density at radius 3 is 2.38 bits per heavy atom. The van der Waals surface area contributed by atoms with Crippen LogP contribution in [-0.2, 0) is 16.1 Å². The fourth-order valence-electron chi connectivity index (χ4n) is 3.88. The number of hydrogen-bond donors (Lipinski definition) is 1. The van der Waals surface area contributed by atoms with Crippen molar-refractivity contribution in [3.63, 3.8) is 0 Å². The molecule has 1 aromatic rings. The summed E-state index contributed by atoms with van der Waals surface area (Å²) < 4.78 is 5.16. The lowest BCUT2D eigenvalue weighted by atomic mass is 10.1. The van der Waals surface area contributed by atoms with Gasteiger partial charge in [0.2, 0.25) is 11.8 Å².